The molecule has 0 aromatic rings. The minimum Gasteiger partial charge on any atom is -0.457 e. The molecule has 0 aliphatic carbocycles. The maximum Gasteiger partial charge on any atom is 0.472 e. The molecule has 0 radical (unpaired) electrons. The van der Waals surface area contributed by atoms with E-state index >= 15 is 0 Å². The van der Waals surface area contributed by atoms with Crippen molar-refractivity contribution >= 4 is 13.8 Å². The number of ether oxygens (including phenoxy) is 2. The van der Waals surface area contributed by atoms with Gasteiger partial charge in [0.05, 0.1) is 34.4 Å². The van der Waals surface area contributed by atoms with Crippen LogP contribution < -0.4 is 0 Å². The van der Waals surface area contributed by atoms with Gasteiger partial charge in [-0.15, -0.1) is 0 Å². The number of phosphoric acid groups is 1. The van der Waals surface area contributed by atoms with Crippen LogP contribution in [0.4, 0.5) is 0 Å². The summed E-state index contributed by atoms with van der Waals surface area (Å²) in [5.74, 6) is -0.364. The first-order valence-electron chi connectivity index (χ1n) is 17.8. The van der Waals surface area contributed by atoms with E-state index < -0.39 is 13.9 Å². The first kappa shape index (κ1) is 42.5. The molecule has 2 atom stereocenters. The van der Waals surface area contributed by atoms with Crippen LogP contribution >= 0.6 is 7.82 Å². The first-order chi connectivity index (χ1) is 20.6. The molecule has 0 spiro atoms. The Morgan fingerprint density at radius 3 is 1.49 bits per heavy atom. The number of likely N-dealkylation sites (N-methyl/N-ethyl adjacent to an activating group) is 1. The lowest BCUT2D eigenvalue weighted by atomic mass is 10.0. The minimum atomic E-state index is -4.23. The third-order valence-electron chi connectivity index (χ3n) is 7.64. The van der Waals surface area contributed by atoms with Gasteiger partial charge in [0, 0.05) is 13.0 Å². The van der Waals surface area contributed by atoms with Crippen molar-refractivity contribution in [2.24, 2.45) is 0 Å². The molecule has 0 amide bonds. The van der Waals surface area contributed by atoms with Crippen molar-refractivity contribution in [2.45, 2.75) is 161 Å². The molecule has 0 aromatic carbocycles. The van der Waals surface area contributed by atoms with Crippen molar-refractivity contribution in [1.82, 2.24) is 0 Å². The van der Waals surface area contributed by atoms with Gasteiger partial charge in [-0.2, -0.15) is 0 Å². The van der Waals surface area contributed by atoms with Gasteiger partial charge < -0.3 is 18.9 Å². The van der Waals surface area contributed by atoms with Gasteiger partial charge in [-0.05, 0) is 12.8 Å². The van der Waals surface area contributed by atoms with E-state index in [1.165, 1.54) is 116 Å². The summed E-state index contributed by atoms with van der Waals surface area (Å²) in [6.45, 7) is 5.29. The zero-order valence-electron chi connectivity index (χ0n) is 29.0. The summed E-state index contributed by atoms with van der Waals surface area (Å²) in [7, 11) is 1.67. The van der Waals surface area contributed by atoms with E-state index in [2.05, 4.69) is 6.92 Å². The molecule has 0 saturated heterocycles. The van der Waals surface area contributed by atoms with Crippen molar-refractivity contribution in [3.63, 3.8) is 0 Å². The third kappa shape index (κ3) is 32.7. The van der Waals surface area contributed by atoms with E-state index in [1.807, 2.05) is 28.1 Å². The zero-order valence-corrected chi connectivity index (χ0v) is 29.9. The number of esters is 1. The van der Waals surface area contributed by atoms with Gasteiger partial charge in [0.15, 0.2) is 0 Å². The highest BCUT2D eigenvalue weighted by Crippen LogP contribution is 2.43. The van der Waals surface area contributed by atoms with Crippen LogP contribution in [0.25, 0.3) is 0 Å². The monoisotopic (exact) mass is 636 g/mol. The molecule has 0 aliphatic heterocycles. The lowest BCUT2D eigenvalue weighted by Gasteiger charge is -2.24. The molecule has 258 valence electrons. The number of rotatable bonds is 33. The number of hydrogen-bond acceptors (Lipinski definition) is 6. The fourth-order valence-electron chi connectivity index (χ4n) is 4.88. The second-order valence-corrected chi connectivity index (χ2v) is 14.7. The predicted octanol–water partition coefficient (Wildman–Crippen LogP) is 9.38. The molecule has 43 heavy (non-hydrogen) atoms. The molecule has 1 N–H and O–H groups in total. The van der Waals surface area contributed by atoms with Crippen LogP contribution in [-0.2, 0) is 27.9 Å². The highest BCUT2D eigenvalue weighted by molar-refractivity contribution is 7.47. The highest BCUT2D eigenvalue weighted by atomic mass is 31.2. The van der Waals surface area contributed by atoms with Gasteiger partial charge in [-0.25, -0.2) is 4.57 Å². The Labute approximate surface area is 266 Å². The third-order valence-corrected chi connectivity index (χ3v) is 8.62. The van der Waals surface area contributed by atoms with Crippen LogP contribution in [0.5, 0.6) is 0 Å². The molecule has 0 fully saturated rings. The Morgan fingerprint density at radius 1 is 0.628 bits per heavy atom. The maximum atomic E-state index is 12.2. The summed E-state index contributed by atoms with van der Waals surface area (Å²) in [5, 5.41) is 0. The molecule has 0 aromatic heterocycles. The Kier molecular flexibility index (Phi) is 28.6. The number of quaternary nitrogens is 1. The largest absolute Gasteiger partial charge is 0.472 e. The fourth-order valence-corrected chi connectivity index (χ4v) is 5.63. The summed E-state index contributed by atoms with van der Waals surface area (Å²) in [6.07, 6.45) is 27.1. The normalized spacial score (nSPS) is 14.1. The van der Waals surface area contributed by atoms with E-state index in [0.717, 1.165) is 12.8 Å². The smallest absolute Gasteiger partial charge is 0.457 e. The molecule has 0 bridgehead atoms. The Balaban J connectivity index is 3.76. The first-order valence-corrected chi connectivity index (χ1v) is 19.3. The number of unbranched alkanes of at least 4 members (excludes halogenated alkanes) is 19. The molecular formula is C34H71NO7P+. The van der Waals surface area contributed by atoms with Gasteiger partial charge in [0.1, 0.15) is 19.3 Å². The zero-order chi connectivity index (χ0) is 32.1. The minimum absolute atomic E-state index is 0.0908. The van der Waals surface area contributed by atoms with E-state index in [1.54, 1.807) is 0 Å². The van der Waals surface area contributed by atoms with Crippen molar-refractivity contribution in [3.8, 4) is 0 Å². The summed E-state index contributed by atoms with van der Waals surface area (Å²) < 4.78 is 34.1. The number of hydrogen-bond donors (Lipinski definition) is 1. The van der Waals surface area contributed by atoms with Crippen molar-refractivity contribution in [1.29, 1.82) is 0 Å². The van der Waals surface area contributed by atoms with Gasteiger partial charge in [0.25, 0.3) is 0 Å². The molecular weight excluding hydrogens is 565 g/mol. The van der Waals surface area contributed by atoms with Gasteiger partial charge >= 0.3 is 13.8 Å². The second-order valence-electron chi connectivity index (χ2n) is 13.3. The summed E-state index contributed by atoms with van der Waals surface area (Å²) >= 11 is 0. The Hall–Kier alpha value is -0.500. The lowest BCUT2D eigenvalue weighted by molar-refractivity contribution is -0.870. The van der Waals surface area contributed by atoms with E-state index in [9.17, 15) is 14.3 Å². The average molecular weight is 637 g/mol. The average Bonchev–Trinajstić information content (AvgIpc) is 2.93. The molecule has 8 nitrogen and oxygen atoms in total. The SMILES string of the molecule is CCCCCCCCCCCCCCCCCCCCCCOC[C@H](COP(=O)(O)OCC[N+](C)(C)C)OC(=O)CCC. The van der Waals surface area contributed by atoms with Crippen LogP contribution in [0.15, 0.2) is 0 Å². The molecule has 9 heteroatoms. The van der Waals surface area contributed by atoms with E-state index in [-0.39, 0.29) is 32.2 Å². The lowest BCUT2D eigenvalue weighted by Crippen LogP contribution is -2.37. The fraction of sp³-hybridized carbons (Fsp3) is 0.971. The number of phosphoric ester groups is 1. The van der Waals surface area contributed by atoms with Crippen LogP contribution in [0.2, 0.25) is 0 Å². The Bertz CT molecular complexity index is 672. The van der Waals surface area contributed by atoms with Crippen molar-refractivity contribution in [2.75, 3.05) is 54.1 Å². The van der Waals surface area contributed by atoms with Crippen LogP contribution in [0.3, 0.4) is 0 Å². The predicted molar refractivity (Wildman–Crippen MR) is 178 cm³/mol. The molecule has 0 rings (SSSR count). The van der Waals surface area contributed by atoms with Crippen LogP contribution in [0.1, 0.15) is 155 Å². The van der Waals surface area contributed by atoms with Gasteiger partial charge in [0.2, 0.25) is 0 Å². The molecule has 0 aliphatic rings. The van der Waals surface area contributed by atoms with E-state index in [0.29, 0.717) is 24.1 Å². The summed E-state index contributed by atoms with van der Waals surface area (Å²) in [5.41, 5.74) is 0. The topological polar surface area (TPSA) is 91.3 Å². The van der Waals surface area contributed by atoms with Crippen molar-refractivity contribution in [3.05, 3.63) is 0 Å². The van der Waals surface area contributed by atoms with Crippen LogP contribution in [0, 0.1) is 0 Å². The van der Waals surface area contributed by atoms with Crippen LogP contribution in [-0.4, -0.2) is 75.6 Å². The second kappa shape index (κ2) is 28.9. The number of nitrogens with zero attached hydrogens (tertiary/aromatic N) is 1. The highest BCUT2D eigenvalue weighted by Gasteiger charge is 2.26. The number of carbonyl (C=O) groups excluding carboxylic acids is 1. The quantitative estimate of drug-likeness (QED) is 0.0332. The van der Waals surface area contributed by atoms with Crippen molar-refractivity contribution < 1.29 is 37.3 Å². The maximum absolute atomic E-state index is 12.2. The summed E-state index contributed by atoms with van der Waals surface area (Å²) in [6, 6.07) is 0. The molecule has 0 heterocycles. The Morgan fingerprint density at radius 2 is 1.07 bits per heavy atom. The van der Waals surface area contributed by atoms with Gasteiger partial charge in [-0.1, -0.05) is 136 Å². The number of carbonyl (C=O) groups is 1. The molecule has 1 unspecified atom stereocenters. The van der Waals surface area contributed by atoms with E-state index in [4.69, 9.17) is 18.5 Å². The summed E-state index contributed by atoms with van der Waals surface area (Å²) in [4.78, 5) is 22.0. The van der Waals surface area contributed by atoms with Gasteiger partial charge in [-0.3, -0.25) is 13.8 Å². The molecule has 0 saturated carbocycles. The standard InChI is InChI=1S/C34H70NO7P/c1-6-8-9-10-11-12-13-14-15-16-17-18-19-20-21-22-23-24-25-26-29-39-31-33(42-34(36)27-7-2)32-41-43(37,38)40-30-28-35(3,4)5/h33H,6-32H2,1-5H3/p+1/t33-/m1/s1.